The van der Waals surface area contributed by atoms with Crippen LogP contribution in [0.3, 0.4) is 0 Å². The highest BCUT2D eigenvalue weighted by molar-refractivity contribution is 7.89. The van der Waals surface area contributed by atoms with Crippen molar-refractivity contribution >= 4 is 10.0 Å². The number of nitrogens with zero attached hydrogens (tertiary/aromatic N) is 2. The van der Waals surface area contributed by atoms with Crippen molar-refractivity contribution < 1.29 is 26.5 Å². The molecule has 1 aromatic heterocycles. The van der Waals surface area contributed by atoms with Gasteiger partial charge in [-0.05, 0) is 44.4 Å². The van der Waals surface area contributed by atoms with Crippen molar-refractivity contribution in [3.05, 3.63) is 88.3 Å². The van der Waals surface area contributed by atoms with Crippen molar-refractivity contribution in [1.29, 1.82) is 0 Å². The highest BCUT2D eigenvalue weighted by Crippen LogP contribution is 2.39. The molecule has 2 aliphatic heterocycles. The van der Waals surface area contributed by atoms with Crippen LogP contribution < -0.4 is 5.32 Å². The lowest BCUT2D eigenvalue weighted by molar-refractivity contribution is -0.0815. The first-order valence-electron chi connectivity index (χ1n) is 12.0. The fourth-order valence-electron chi connectivity index (χ4n) is 5.02. The third-order valence-corrected chi connectivity index (χ3v) is 9.53. The van der Waals surface area contributed by atoms with Gasteiger partial charge < -0.3 is 9.26 Å². The molecule has 2 fully saturated rings. The Hall–Kier alpha value is -2.66. The summed E-state index contributed by atoms with van der Waals surface area (Å²) in [6, 6.07) is 12.7. The van der Waals surface area contributed by atoms with Gasteiger partial charge in [0.25, 0.3) is 0 Å². The molecule has 0 aliphatic carbocycles. The number of hydrogen-bond donors (Lipinski definition) is 1. The first-order valence-corrected chi connectivity index (χ1v) is 13.5. The largest absolute Gasteiger partial charge is 0.377 e. The van der Waals surface area contributed by atoms with Crippen LogP contribution >= 0.6 is 0 Å². The Morgan fingerprint density at radius 1 is 1.11 bits per heavy atom. The van der Waals surface area contributed by atoms with Gasteiger partial charge in [0.05, 0.1) is 24.4 Å². The van der Waals surface area contributed by atoms with Crippen LogP contribution in [0.5, 0.6) is 0 Å². The van der Waals surface area contributed by atoms with Gasteiger partial charge >= 0.3 is 0 Å². The number of halogens is 2. The molecule has 2 saturated heterocycles. The van der Waals surface area contributed by atoms with Crippen LogP contribution in [0.15, 0.2) is 53.1 Å². The van der Waals surface area contributed by atoms with Gasteiger partial charge in [0.1, 0.15) is 22.6 Å². The molecular formula is C26H29F2N3O4S. The number of sulfonamides is 1. The standard InChI is InChI=1S/C26H29F2N3O4S/c1-17-8-9-25(19-6-4-3-5-7-19)36(32,33)31(17)14-20-11-24(28)22(12-23(20)27)26(15-34-16-26)29-13-21-10-18(2)35-30-21/h3-7,10-12,17,25,29H,8-9,13-16H2,1-2H3/t17-,25+/m0/s1. The predicted octanol–water partition coefficient (Wildman–Crippen LogP) is 4.33. The smallest absolute Gasteiger partial charge is 0.221 e. The zero-order valence-electron chi connectivity index (χ0n) is 20.2. The summed E-state index contributed by atoms with van der Waals surface area (Å²) in [5.41, 5.74) is 0.597. The Morgan fingerprint density at radius 2 is 1.86 bits per heavy atom. The van der Waals surface area contributed by atoms with E-state index < -0.39 is 32.4 Å². The fourth-order valence-corrected chi connectivity index (χ4v) is 7.20. The van der Waals surface area contributed by atoms with Crippen LogP contribution in [0.25, 0.3) is 0 Å². The van der Waals surface area contributed by atoms with E-state index in [1.807, 2.05) is 6.07 Å². The van der Waals surface area contributed by atoms with Crippen molar-refractivity contribution in [2.45, 2.75) is 56.6 Å². The molecule has 1 N–H and O–H groups in total. The summed E-state index contributed by atoms with van der Waals surface area (Å²) in [5.74, 6) is -0.607. The van der Waals surface area contributed by atoms with E-state index >= 15 is 8.78 Å². The molecule has 7 nitrogen and oxygen atoms in total. The molecule has 0 saturated carbocycles. The lowest BCUT2D eigenvalue weighted by atomic mass is 9.86. The average Bonchev–Trinajstić information content (AvgIpc) is 3.24. The molecule has 5 rings (SSSR count). The highest BCUT2D eigenvalue weighted by atomic mass is 32.2. The van der Waals surface area contributed by atoms with Gasteiger partial charge in [-0.25, -0.2) is 17.2 Å². The molecule has 3 aromatic rings. The maximum atomic E-state index is 15.4. The van der Waals surface area contributed by atoms with E-state index in [1.54, 1.807) is 44.2 Å². The number of hydrogen-bond acceptors (Lipinski definition) is 6. The second-order valence-corrected chi connectivity index (χ2v) is 11.8. The Labute approximate surface area is 209 Å². The first kappa shape index (κ1) is 25.0. The Kier molecular flexibility index (Phi) is 6.71. The van der Waals surface area contributed by atoms with E-state index in [1.165, 1.54) is 4.31 Å². The van der Waals surface area contributed by atoms with Gasteiger partial charge in [0.15, 0.2) is 0 Å². The highest BCUT2D eigenvalue weighted by Gasteiger charge is 2.44. The van der Waals surface area contributed by atoms with Crippen LogP contribution in [-0.4, -0.2) is 37.1 Å². The number of aromatic nitrogens is 1. The molecule has 3 heterocycles. The molecule has 192 valence electrons. The minimum absolute atomic E-state index is 0.00269. The molecule has 2 atom stereocenters. The molecule has 10 heteroatoms. The van der Waals surface area contributed by atoms with E-state index in [9.17, 15) is 8.42 Å². The zero-order chi connectivity index (χ0) is 25.5. The number of aryl methyl sites for hydroxylation is 1. The quantitative estimate of drug-likeness (QED) is 0.502. The summed E-state index contributed by atoms with van der Waals surface area (Å²) in [4.78, 5) is 0. The second-order valence-electron chi connectivity index (χ2n) is 9.70. The van der Waals surface area contributed by atoms with Gasteiger partial charge in [-0.2, -0.15) is 4.31 Å². The first-order chi connectivity index (χ1) is 17.2. The Morgan fingerprint density at radius 3 is 2.50 bits per heavy atom. The number of ether oxygens (including phenoxy) is 1. The van der Waals surface area contributed by atoms with Gasteiger partial charge in [-0.15, -0.1) is 0 Å². The van der Waals surface area contributed by atoms with Crippen LogP contribution in [0, 0.1) is 18.6 Å². The van der Waals surface area contributed by atoms with E-state index in [-0.39, 0.29) is 36.9 Å². The Balaban J connectivity index is 1.39. The molecule has 0 bridgehead atoms. The van der Waals surface area contributed by atoms with Crippen molar-refractivity contribution in [1.82, 2.24) is 14.8 Å². The van der Waals surface area contributed by atoms with Crippen molar-refractivity contribution in [3.63, 3.8) is 0 Å². The summed E-state index contributed by atoms with van der Waals surface area (Å²) in [6.45, 7) is 4.00. The van der Waals surface area contributed by atoms with Crippen LogP contribution in [0.4, 0.5) is 8.78 Å². The third-order valence-electron chi connectivity index (χ3n) is 7.16. The van der Waals surface area contributed by atoms with Gasteiger partial charge in [0.2, 0.25) is 10.0 Å². The lowest BCUT2D eigenvalue weighted by Crippen LogP contribution is -2.57. The number of nitrogens with one attached hydrogen (secondary N) is 1. The summed E-state index contributed by atoms with van der Waals surface area (Å²) in [7, 11) is -3.77. The number of benzene rings is 2. The van der Waals surface area contributed by atoms with Gasteiger partial charge in [-0.3, -0.25) is 5.32 Å². The fraction of sp³-hybridized carbons (Fsp3) is 0.423. The molecular weight excluding hydrogens is 488 g/mol. The van der Waals surface area contributed by atoms with Crippen LogP contribution in [0.2, 0.25) is 0 Å². The minimum atomic E-state index is -3.77. The van der Waals surface area contributed by atoms with Crippen molar-refractivity contribution in [2.24, 2.45) is 0 Å². The zero-order valence-corrected chi connectivity index (χ0v) is 21.0. The maximum absolute atomic E-state index is 15.4. The van der Waals surface area contributed by atoms with E-state index in [0.29, 0.717) is 36.4 Å². The molecule has 0 radical (unpaired) electrons. The van der Waals surface area contributed by atoms with Gasteiger partial charge in [0, 0.05) is 36.3 Å². The molecule has 2 aliphatic rings. The minimum Gasteiger partial charge on any atom is -0.377 e. The Bertz CT molecular complexity index is 1340. The molecule has 0 amide bonds. The number of rotatable bonds is 7. The van der Waals surface area contributed by atoms with E-state index in [4.69, 9.17) is 9.26 Å². The monoisotopic (exact) mass is 517 g/mol. The van der Waals surface area contributed by atoms with E-state index in [0.717, 1.165) is 12.1 Å². The molecule has 2 aromatic carbocycles. The summed E-state index contributed by atoms with van der Waals surface area (Å²) >= 11 is 0. The maximum Gasteiger partial charge on any atom is 0.221 e. The average molecular weight is 518 g/mol. The molecule has 0 unspecified atom stereocenters. The van der Waals surface area contributed by atoms with Crippen LogP contribution in [-0.2, 0) is 33.4 Å². The van der Waals surface area contributed by atoms with Crippen molar-refractivity contribution in [2.75, 3.05) is 13.2 Å². The third kappa shape index (κ3) is 4.58. The second kappa shape index (κ2) is 9.66. The van der Waals surface area contributed by atoms with E-state index in [2.05, 4.69) is 10.5 Å². The summed E-state index contributed by atoms with van der Waals surface area (Å²) in [5, 5.41) is 6.45. The van der Waals surface area contributed by atoms with Crippen LogP contribution in [0.1, 0.15) is 53.2 Å². The summed E-state index contributed by atoms with van der Waals surface area (Å²) in [6.07, 6.45) is 1.12. The van der Waals surface area contributed by atoms with Gasteiger partial charge in [-0.1, -0.05) is 35.5 Å². The predicted molar refractivity (Wildman–Crippen MR) is 129 cm³/mol. The summed E-state index contributed by atoms with van der Waals surface area (Å²) < 4.78 is 69.5. The van der Waals surface area contributed by atoms with Crippen molar-refractivity contribution in [3.8, 4) is 0 Å². The SMILES string of the molecule is Cc1cc(CNC2(c3cc(F)c(CN4[C@@H](C)CC[C@H](c5ccccc5)S4(=O)=O)cc3F)COC2)no1. The normalized spacial score (nSPS) is 23.3. The topological polar surface area (TPSA) is 84.7 Å². The molecule has 36 heavy (non-hydrogen) atoms. The lowest BCUT2D eigenvalue weighted by Gasteiger charge is -2.43. The molecule has 0 spiro atoms.